The molecule has 10 nitrogen and oxygen atoms in total. The van der Waals surface area contributed by atoms with Crippen LogP contribution >= 0.6 is 0 Å². The molecule has 2 rings (SSSR count). The molecule has 162 valence electrons. The number of aryl methyl sites for hydroxylation is 1. The second-order valence-corrected chi connectivity index (χ2v) is 7.98. The SMILES string of the molecule is CCOC(=O)[C@@H](NC(=O)OC(C)(C)C)C(=O)NC1(c2noc(CC)n2)CCCC1. The number of aromatic nitrogens is 2. The van der Waals surface area contributed by atoms with Crippen molar-refractivity contribution in [3.05, 3.63) is 11.7 Å². The topological polar surface area (TPSA) is 133 Å². The van der Waals surface area contributed by atoms with E-state index >= 15 is 0 Å². The van der Waals surface area contributed by atoms with Crippen molar-refractivity contribution >= 4 is 18.0 Å². The molecule has 1 aliphatic carbocycles. The number of carbonyl (C=O) groups is 3. The molecule has 1 aromatic rings. The van der Waals surface area contributed by atoms with Crippen molar-refractivity contribution in [1.82, 2.24) is 20.8 Å². The van der Waals surface area contributed by atoms with E-state index in [1.54, 1.807) is 27.7 Å². The fourth-order valence-electron chi connectivity index (χ4n) is 3.17. The third kappa shape index (κ3) is 5.91. The molecule has 0 unspecified atom stereocenters. The Balaban J connectivity index is 2.22. The van der Waals surface area contributed by atoms with Gasteiger partial charge in [-0.05, 0) is 40.5 Å². The van der Waals surface area contributed by atoms with Crippen molar-refractivity contribution in [2.75, 3.05) is 6.61 Å². The van der Waals surface area contributed by atoms with Gasteiger partial charge in [-0.3, -0.25) is 10.1 Å². The first-order chi connectivity index (χ1) is 13.6. The molecule has 1 aromatic heterocycles. The van der Waals surface area contributed by atoms with Gasteiger partial charge >= 0.3 is 12.1 Å². The van der Waals surface area contributed by atoms with Crippen LogP contribution in [0.15, 0.2) is 4.52 Å². The normalized spacial score (nSPS) is 16.7. The van der Waals surface area contributed by atoms with Gasteiger partial charge in [0.1, 0.15) is 11.1 Å². The summed E-state index contributed by atoms with van der Waals surface area (Å²) in [5.41, 5.74) is -1.64. The molecule has 1 saturated carbocycles. The fourth-order valence-corrected chi connectivity index (χ4v) is 3.17. The molecule has 1 aliphatic rings. The van der Waals surface area contributed by atoms with Crippen molar-refractivity contribution in [1.29, 1.82) is 0 Å². The molecule has 10 heteroatoms. The van der Waals surface area contributed by atoms with Crippen molar-refractivity contribution in [3.63, 3.8) is 0 Å². The standard InChI is InChI=1S/C19H30N4O6/c1-6-12-20-16(23-29-12)19(10-8-9-11-19)22-14(24)13(15(25)27-7-2)21-17(26)28-18(3,4)5/h13H,6-11H2,1-5H3,(H,21,26)(H,22,24)/t13-/m0/s1. The summed E-state index contributed by atoms with van der Waals surface area (Å²) in [6.07, 6.45) is 2.61. The van der Waals surface area contributed by atoms with E-state index in [1.165, 1.54) is 0 Å². The van der Waals surface area contributed by atoms with Gasteiger partial charge in [-0.1, -0.05) is 24.9 Å². The van der Waals surface area contributed by atoms with Crippen LogP contribution in [0.5, 0.6) is 0 Å². The summed E-state index contributed by atoms with van der Waals surface area (Å²) in [6.45, 7) is 8.61. The van der Waals surface area contributed by atoms with Gasteiger partial charge in [0.15, 0.2) is 5.82 Å². The third-order valence-electron chi connectivity index (χ3n) is 4.46. The average molecular weight is 410 g/mol. The van der Waals surface area contributed by atoms with Crippen LogP contribution < -0.4 is 10.6 Å². The zero-order valence-corrected chi connectivity index (χ0v) is 17.7. The van der Waals surface area contributed by atoms with E-state index in [-0.39, 0.29) is 6.61 Å². The van der Waals surface area contributed by atoms with Crippen molar-refractivity contribution in [2.24, 2.45) is 0 Å². The largest absolute Gasteiger partial charge is 0.464 e. The maximum Gasteiger partial charge on any atom is 0.408 e. The van der Waals surface area contributed by atoms with Gasteiger partial charge in [0.05, 0.1) is 6.61 Å². The molecular formula is C19H30N4O6. The fraction of sp³-hybridized carbons (Fsp3) is 0.737. The Morgan fingerprint density at radius 3 is 2.38 bits per heavy atom. The number of nitrogens with one attached hydrogen (secondary N) is 2. The molecule has 0 bridgehead atoms. The lowest BCUT2D eigenvalue weighted by atomic mass is 9.96. The number of ether oxygens (including phenoxy) is 2. The number of nitrogens with zero attached hydrogens (tertiary/aromatic N) is 2. The van der Waals surface area contributed by atoms with Crippen LogP contribution in [-0.4, -0.2) is 46.4 Å². The Morgan fingerprint density at radius 1 is 1.21 bits per heavy atom. The quantitative estimate of drug-likeness (QED) is 0.515. The van der Waals surface area contributed by atoms with Crippen molar-refractivity contribution < 1.29 is 28.4 Å². The van der Waals surface area contributed by atoms with E-state index in [1.807, 2.05) is 6.92 Å². The van der Waals surface area contributed by atoms with Crippen LogP contribution in [0.1, 0.15) is 72.0 Å². The van der Waals surface area contributed by atoms with Crippen LogP contribution in [-0.2, 0) is 31.0 Å². The second kappa shape index (κ2) is 9.23. The summed E-state index contributed by atoms with van der Waals surface area (Å²) in [5, 5.41) is 9.18. The van der Waals surface area contributed by atoms with Crippen molar-refractivity contribution in [2.45, 2.75) is 83.9 Å². The Hall–Kier alpha value is -2.65. The van der Waals surface area contributed by atoms with Crippen LogP contribution in [0.3, 0.4) is 0 Å². The zero-order chi connectivity index (χ0) is 21.7. The predicted molar refractivity (Wildman–Crippen MR) is 102 cm³/mol. The molecule has 1 fully saturated rings. The molecule has 1 atom stereocenters. The Kier molecular flexibility index (Phi) is 7.21. The maximum absolute atomic E-state index is 13.0. The van der Waals surface area contributed by atoms with Gasteiger partial charge in [-0.15, -0.1) is 0 Å². The maximum atomic E-state index is 13.0. The minimum atomic E-state index is -1.56. The molecule has 1 heterocycles. The van der Waals surface area contributed by atoms with E-state index < -0.39 is 35.2 Å². The number of carbonyl (C=O) groups excluding carboxylic acids is 3. The Morgan fingerprint density at radius 2 is 1.86 bits per heavy atom. The molecule has 2 amide bonds. The summed E-state index contributed by atoms with van der Waals surface area (Å²) in [7, 11) is 0. The smallest absolute Gasteiger partial charge is 0.408 e. The van der Waals surface area contributed by atoms with Gasteiger partial charge in [0.2, 0.25) is 11.9 Å². The number of alkyl carbamates (subject to hydrolysis) is 1. The van der Waals surface area contributed by atoms with Crippen LogP contribution in [0.4, 0.5) is 4.79 Å². The first-order valence-electron chi connectivity index (χ1n) is 9.91. The van der Waals surface area contributed by atoms with E-state index in [0.717, 1.165) is 12.8 Å². The van der Waals surface area contributed by atoms with E-state index in [4.69, 9.17) is 14.0 Å². The Bertz CT molecular complexity index is 733. The number of hydrogen-bond acceptors (Lipinski definition) is 8. The summed E-state index contributed by atoms with van der Waals surface area (Å²) in [5.74, 6) is -0.736. The lowest BCUT2D eigenvalue weighted by Crippen LogP contribution is -2.57. The van der Waals surface area contributed by atoms with Gasteiger partial charge in [-0.2, -0.15) is 4.98 Å². The molecule has 0 aromatic carbocycles. The highest BCUT2D eigenvalue weighted by atomic mass is 16.6. The summed E-state index contributed by atoms with van der Waals surface area (Å²) < 4.78 is 15.3. The van der Waals surface area contributed by atoms with Crippen LogP contribution in [0, 0.1) is 0 Å². The Labute approximate surface area is 170 Å². The van der Waals surface area contributed by atoms with E-state index in [0.29, 0.717) is 31.0 Å². The molecule has 0 aliphatic heterocycles. The van der Waals surface area contributed by atoms with Crippen LogP contribution in [0.2, 0.25) is 0 Å². The lowest BCUT2D eigenvalue weighted by Gasteiger charge is -2.29. The van der Waals surface area contributed by atoms with E-state index in [9.17, 15) is 14.4 Å². The molecule has 0 saturated heterocycles. The van der Waals surface area contributed by atoms with E-state index in [2.05, 4.69) is 20.8 Å². The minimum absolute atomic E-state index is 0.0639. The molecule has 0 spiro atoms. The molecular weight excluding hydrogens is 380 g/mol. The third-order valence-corrected chi connectivity index (χ3v) is 4.46. The summed E-state index contributed by atoms with van der Waals surface area (Å²) in [6, 6.07) is -1.56. The first-order valence-corrected chi connectivity index (χ1v) is 9.91. The van der Waals surface area contributed by atoms with Gasteiger partial charge < -0.3 is 19.3 Å². The summed E-state index contributed by atoms with van der Waals surface area (Å²) >= 11 is 0. The lowest BCUT2D eigenvalue weighted by molar-refractivity contribution is -0.149. The first kappa shape index (κ1) is 22.6. The number of rotatable bonds is 7. The van der Waals surface area contributed by atoms with Crippen LogP contribution in [0.25, 0.3) is 0 Å². The van der Waals surface area contributed by atoms with Gasteiger partial charge in [-0.25, -0.2) is 9.59 Å². The number of hydrogen-bond donors (Lipinski definition) is 2. The highest BCUT2D eigenvalue weighted by Crippen LogP contribution is 2.37. The summed E-state index contributed by atoms with van der Waals surface area (Å²) in [4.78, 5) is 41.9. The predicted octanol–water partition coefficient (Wildman–Crippen LogP) is 1.97. The van der Waals surface area contributed by atoms with Gasteiger partial charge in [0, 0.05) is 6.42 Å². The highest BCUT2D eigenvalue weighted by molar-refractivity contribution is 6.04. The van der Waals surface area contributed by atoms with Crippen molar-refractivity contribution in [3.8, 4) is 0 Å². The second-order valence-electron chi connectivity index (χ2n) is 7.98. The average Bonchev–Trinajstić information content (AvgIpc) is 3.28. The zero-order valence-electron chi connectivity index (χ0n) is 17.7. The molecule has 2 N–H and O–H groups in total. The van der Waals surface area contributed by atoms with Gasteiger partial charge in [0.25, 0.3) is 5.91 Å². The molecule has 0 radical (unpaired) electrons. The number of esters is 1. The number of amides is 2. The monoisotopic (exact) mass is 410 g/mol. The minimum Gasteiger partial charge on any atom is -0.464 e. The molecule has 29 heavy (non-hydrogen) atoms. The highest BCUT2D eigenvalue weighted by Gasteiger charge is 2.44.